The van der Waals surface area contributed by atoms with Crippen molar-refractivity contribution >= 4 is 17.6 Å². The first kappa shape index (κ1) is 15.4. The van der Waals surface area contributed by atoms with E-state index in [1.165, 1.54) is 12.5 Å². The van der Waals surface area contributed by atoms with E-state index in [0.29, 0.717) is 12.8 Å². The molecule has 19 heavy (non-hydrogen) atoms. The van der Waals surface area contributed by atoms with Gasteiger partial charge in [0.15, 0.2) is 5.78 Å². The van der Waals surface area contributed by atoms with Gasteiger partial charge >= 0.3 is 0 Å². The minimum Gasteiger partial charge on any atom is -0.303 e. The molecule has 1 rings (SSSR count). The molecular formula is C17H22O2. The molecular weight excluding hydrogens is 236 g/mol. The second-order valence-corrected chi connectivity index (χ2v) is 5.81. The minimum absolute atomic E-state index is 0.0146. The summed E-state index contributed by atoms with van der Waals surface area (Å²) in [6, 6.07) is 8.23. The summed E-state index contributed by atoms with van der Waals surface area (Å²) in [4.78, 5) is 21.8. The Morgan fingerprint density at radius 3 is 2.16 bits per heavy atom. The third-order valence-electron chi connectivity index (χ3n) is 3.03. The monoisotopic (exact) mass is 258 g/mol. The van der Waals surface area contributed by atoms with Gasteiger partial charge in [-0.1, -0.05) is 45.0 Å². The summed E-state index contributed by atoms with van der Waals surface area (Å²) in [5, 5.41) is 0. The molecule has 1 aromatic rings. The Hall–Kier alpha value is -1.70. The fraction of sp³-hybridized carbons (Fsp3) is 0.412. The van der Waals surface area contributed by atoms with Gasteiger partial charge < -0.3 is 4.79 Å². The van der Waals surface area contributed by atoms with E-state index in [0.717, 1.165) is 17.4 Å². The number of hydrogen-bond acceptors (Lipinski definition) is 2. The van der Waals surface area contributed by atoms with Gasteiger partial charge in [-0.2, -0.15) is 0 Å². The number of ketones is 1. The summed E-state index contributed by atoms with van der Waals surface area (Å²) in [7, 11) is 0. The molecule has 0 fully saturated rings. The summed E-state index contributed by atoms with van der Waals surface area (Å²) in [6.45, 7) is 8.03. The molecule has 0 spiro atoms. The summed E-state index contributed by atoms with van der Waals surface area (Å²) in [5.74, 6) is 0.0146. The van der Waals surface area contributed by atoms with Gasteiger partial charge in [-0.15, -0.1) is 0 Å². The second-order valence-electron chi connectivity index (χ2n) is 5.81. The van der Waals surface area contributed by atoms with E-state index < -0.39 is 0 Å². The number of carbonyl (C=O) groups excluding carboxylic acids is 2. The van der Waals surface area contributed by atoms with E-state index in [1.807, 2.05) is 12.1 Å². The molecule has 0 saturated carbocycles. The number of rotatable bonds is 5. The highest BCUT2D eigenvalue weighted by Gasteiger charge is 2.13. The van der Waals surface area contributed by atoms with Crippen molar-refractivity contribution in [3.8, 4) is 0 Å². The molecule has 0 N–H and O–H groups in total. The molecule has 0 saturated heterocycles. The molecule has 0 aliphatic rings. The molecule has 102 valence electrons. The van der Waals surface area contributed by atoms with Gasteiger partial charge in [-0.3, -0.25) is 4.79 Å². The van der Waals surface area contributed by atoms with Crippen molar-refractivity contribution in [2.45, 2.75) is 46.0 Å². The lowest BCUT2D eigenvalue weighted by molar-refractivity contribution is -0.112. The minimum atomic E-state index is 0.0146. The van der Waals surface area contributed by atoms with E-state index in [2.05, 4.69) is 32.9 Å². The normalized spacial score (nSPS) is 12.3. The first-order valence-electron chi connectivity index (χ1n) is 6.60. The smallest absolute Gasteiger partial charge is 0.152 e. The molecule has 0 amide bonds. The Bertz CT molecular complexity index is 473. The predicted octanol–water partition coefficient (Wildman–Crippen LogP) is 3.94. The molecule has 0 radical (unpaired) electrons. The predicted molar refractivity (Wildman–Crippen MR) is 79.1 cm³/mol. The molecule has 0 atom stereocenters. The molecule has 1 aromatic carbocycles. The van der Waals surface area contributed by atoms with Gasteiger partial charge in [0.05, 0.1) is 0 Å². The van der Waals surface area contributed by atoms with Crippen molar-refractivity contribution in [1.29, 1.82) is 0 Å². The molecule has 0 bridgehead atoms. The second kappa shape index (κ2) is 6.46. The van der Waals surface area contributed by atoms with Crippen molar-refractivity contribution < 1.29 is 9.59 Å². The van der Waals surface area contributed by atoms with Gasteiger partial charge in [-0.25, -0.2) is 0 Å². The Balaban J connectivity index is 3.04. The van der Waals surface area contributed by atoms with Crippen molar-refractivity contribution in [3.05, 3.63) is 41.5 Å². The Morgan fingerprint density at radius 2 is 1.74 bits per heavy atom. The van der Waals surface area contributed by atoms with Gasteiger partial charge in [0.1, 0.15) is 6.29 Å². The average Bonchev–Trinajstić information content (AvgIpc) is 2.33. The maximum absolute atomic E-state index is 11.3. The van der Waals surface area contributed by atoms with Crippen molar-refractivity contribution in [2.75, 3.05) is 0 Å². The topological polar surface area (TPSA) is 34.1 Å². The van der Waals surface area contributed by atoms with Crippen molar-refractivity contribution in [2.24, 2.45) is 0 Å². The van der Waals surface area contributed by atoms with Crippen LogP contribution in [0.3, 0.4) is 0 Å². The van der Waals surface area contributed by atoms with Crippen LogP contribution in [0.1, 0.15) is 51.7 Å². The van der Waals surface area contributed by atoms with E-state index in [4.69, 9.17) is 0 Å². The Morgan fingerprint density at radius 1 is 1.16 bits per heavy atom. The SMILES string of the molecule is CC(=O)/C=C(\CCC=O)c1ccc(C(C)(C)C)cc1. The molecule has 0 unspecified atom stereocenters. The van der Waals surface area contributed by atoms with Crippen LogP contribution in [-0.4, -0.2) is 12.1 Å². The van der Waals surface area contributed by atoms with Crippen LogP contribution in [0.5, 0.6) is 0 Å². The number of carbonyl (C=O) groups is 2. The third-order valence-corrected chi connectivity index (χ3v) is 3.03. The lowest BCUT2D eigenvalue weighted by Gasteiger charge is -2.19. The van der Waals surface area contributed by atoms with E-state index in [1.54, 1.807) is 6.08 Å². The summed E-state index contributed by atoms with van der Waals surface area (Å²) in [5.41, 5.74) is 3.32. The van der Waals surface area contributed by atoms with E-state index in [-0.39, 0.29) is 11.2 Å². The third kappa shape index (κ3) is 4.82. The van der Waals surface area contributed by atoms with Crippen LogP contribution in [-0.2, 0) is 15.0 Å². The summed E-state index contributed by atoms with van der Waals surface area (Å²) >= 11 is 0. The average molecular weight is 258 g/mol. The highest BCUT2D eigenvalue weighted by atomic mass is 16.1. The van der Waals surface area contributed by atoms with E-state index in [9.17, 15) is 9.59 Å². The fourth-order valence-corrected chi connectivity index (χ4v) is 1.94. The molecule has 0 aliphatic heterocycles. The number of hydrogen-bond donors (Lipinski definition) is 0. The highest BCUT2D eigenvalue weighted by Crippen LogP contribution is 2.25. The lowest BCUT2D eigenvalue weighted by atomic mass is 9.86. The molecule has 2 nitrogen and oxygen atoms in total. The van der Waals surface area contributed by atoms with Crippen LogP contribution in [0, 0.1) is 0 Å². The molecule has 0 aromatic heterocycles. The zero-order valence-electron chi connectivity index (χ0n) is 12.2. The lowest BCUT2D eigenvalue weighted by Crippen LogP contribution is -2.10. The summed E-state index contributed by atoms with van der Waals surface area (Å²) < 4.78 is 0. The molecule has 0 heterocycles. The van der Waals surface area contributed by atoms with Gasteiger partial charge in [0.25, 0.3) is 0 Å². The van der Waals surface area contributed by atoms with Crippen molar-refractivity contribution in [3.63, 3.8) is 0 Å². The fourth-order valence-electron chi connectivity index (χ4n) is 1.94. The molecule has 2 heteroatoms. The van der Waals surface area contributed by atoms with Gasteiger partial charge in [-0.05, 0) is 41.5 Å². The number of benzene rings is 1. The van der Waals surface area contributed by atoms with Crippen LogP contribution < -0.4 is 0 Å². The van der Waals surface area contributed by atoms with Crippen LogP contribution in [0.4, 0.5) is 0 Å². The summed E-state index contributed by atoms with van der Waals surface area (Å²) in [6.07, 6.45) is 3.56. The Labute approximate surface area is 115 Å². The Kier molecular flexibility index (Phi) is 5.22. The van der Waals surface area contributed by atoms with E-state index >= 15 is 0 Å². The first-order chi connectivity index (χ1) is 8.84. The zero-order valence-corrected chi connectivity index (χ0v) is 12.2. The molecule has 0 aliphatic carbocycles. The maximum atomic E-state index is 11.3. The zero-order chi connectivity index (χ0) is 14.5. The van der Waals surface area contributed by atoms with Gasteiger partial charge in [0.2, 0.25) is 0 Å². The van der Waals surface area contributed by atoms with Gasteiger partial charge in [0, 0.05) is 6.42 Å². The number of allylic oxidation sites excluding steroid dienone is 2. The maximum Gasteiger partial charge on any atom is 0.152 e. The van der Waals surface area contributed by atoms with Crippen LogP contribution in [0.2, 0.25) is 0 Å². The van der Waals surface area contributed by atoms with Crippen LogP contribution in [0.15, 0.2) is 30.3 Å². The van der Waals surface area contributed by atoms with Crippen LogP contribution >= 0.6 is 0 Å². The number of aldehydes is 1. The van der Waals surface area contributed by atoms with Crippen molar-refractivity contribution in [1.82, 2.24) is 0 Å². The quantitative estimate of drug-likeness (QED) is 0.592. The highest BCUT2D eigenvalue weighted by molar-refractivity contribution is 5.95. The standard InChI is InChI=1S/C17H22O2/c1-13(19)12-15(6-5-11-18)14-7-9-16(10-8-14)17(2,3)4/h7-12H,5-6H2,1-4H3/b15-12+. The van der Waals surface area contributed by atoms with Crippen LogP contribution in [0.25, 0.3) is 5.57 Å². The largest absolute Gasteiger partial charge is 0.303 e. The first-order valence-corrected chi connectivity index (χ1v) is 6.60.